The maximum Gasteiger partial charge on any atom is 0.267 e. The number of hydrogen-bond donors (Lipinski definition) is 2. The van der Waals surface area contributed by atoms with Crippen LogP contribution in [-0.4, -0.2) is 25.1 Å². The second-order valence-corrected chi connectivity index (χ2v) is 5.68. The van der Waals surface area contributed by atoms with Crippen molar-refractivity contribution < 1.29 is 4.79 Å². The third-order valence-corrected chi connectivity index (χ3v) is 3.69. The van der Waals surface area contributed by atoms with Crippen LogP contribution in [0.5, 0.6) is 0 Å². The molecule has 1 aromatic heterocycles. The van der Waals surface area contributed by atoms with Crippen LogP contribution in [0.2, 0.25) is 0 Å². The lowest BCUT2D eigenvalue weighted by Crippen LogP contribution is -2.33. The van der Waals surface area contributed by atoms with E-state index in [4.69, 9.17) is 12.2 Å². The molecule has 0 aliphatic rings. The van der Waals surface area contributed by atoms with Crippen LogP contribution in [0.1, 0.15) is 9.67 Å². The first-order chi connectivity index (χ1) is 9.56. The van der Waals surface area contributed by atoms with E-state index in [0.29, 0.717) is 9.99 Å². The lowest BCUT2D eigenvalue weighted by Gasteiger charge is -2.13. The van der Waals surface area contributed by atoms with Gasteiger partial charge in [-0.05, 0) is 47.9 Å². The normalized spacial score (nSPS) is 9.90. The zero-order chi connectivity index (χ0) is 14.5. The number of carbonyl (C=O) groups is 1. The first-order valence-corrected chi connectivity index (χ1v) is 7.28. The van der Waals surface area contributed by atoms with Crippen molar-refractivity contribution in [2.75, 3.05) is 24.3 Å². The van der Waals surface area contributed by atoms with Crippen molar-refractivity contribution in [3.63, 3.8) is 0 Å². The summed E-state index contributed by atoms with van der Waals surface area (Å²) in [5.41, 5.74) is 1.94. The van der Waals surface area contributed by atoms with Crippen LogP contribution in [0.4, 0.5) is 11.4 Å². The molecule has 0 radical (unpaired) electrons. The molecule has 2 aromatic rings. The molecule has 104 valence electrons. The Bertz CT molecular complexity index is 591. The monoisotopic (exact) mass is 305 g/mol. The first kappa shape index (κ1) is 14.5. The van der Waals surface area contributed by atoms with E-state index in [1.165, 1.54) is 11.3 Å². The highest BCUT2D eigenvalue weighted by Gasteiger charge is 2.08. The van der Waals surface area contributed by atoms with Gasteiger partial charge in [0.25, 0.3) is 5.91 Å². The lowest BCUT2D eigenvalue weighted by atomic mass is 10.2. The van der Waals surface area contributed by atoms with E-state index in [-0.39, 0.29) is 5.91 Å². The van der Waals surface area contributed by atoms with E-state index in [1.54, 1.807) is 6.07 Å². The molecule has 1 heterocycles. The minimum atomic E-state index is -0.192. The van der Waals surface area contributed by atoms with Gasteiger partial charge >= 0.3 is 0 Å². The molecular weight excluding hydrogens is 290 g/mol. The quantitative estimate of drug-likeness (QED) is 0.856. The number of amides is 1. The van der Waals surface area contributed by atoms with Crippen LogP contribution < -0.4 is 15.5 Å². The van der Waals surface area contributed by atoms with Gasteiger partial charge < -0.3 is 10.2 Å². The summed E-state index contributed by atoms with van der Waals surface area (Å²) in [5.74, 6) is -0.192. The SMILES string of the molecule is CN(C)c1ccc(NC(=S)NC(=O)c2cccs2)cc1. The Morgan fingerprint density at radius 3 is 2.45 bits per heavy atom. The van der Waals surface area contributed by atoms with Crippen LogP contribution in [0, 0.1) is 0 Å². The van der Waals surface area contributed by atoms with Gasteiger partial charge in [-0.1, -0.05) is 6.07 Å². The van der Waals surface area contributed by atoms with E-state index >= 15 is 0 Å². The van der Waals surface area contributed by atoms with Crippen molar-refractivity contribution in [2.45, 2.75) is 0 Å². The molecule has 0 bridgehead atoms. The standard InChI is InChI=1S/C14H15N3OS2/c1-17(2)11-7-5-10(6-8-11)15-14(19)16-13(18)12-4-3-9-20-12/h3-9H,1-2H3,(H2,15,16,18,19). The average Bonchev–Trinajstić information content (AvgIpc) is 2.93. The van der Waals surface area contributed by atoms with Gasteiger partial charge in [0.2, 0.25) is 0 Å². The summed E-state index contributed by atoms with van der Waals surface area (Å²) in [6.45, 7) is 0. The minimum Gasteiger partial charge on any atom is -0.378 e. The Kier molecular flexibility index (Phi) is 4.70. The summed E-state index contributed by atoms with van der Waals surface area (Å²) in [6, 6.07) is 11.4. The maximum absolute atomic E-state index is 11.8. The maximum atomic E-state index is 11.8. The molecule has 0 saturated carbocycles. The predicted molar refractivity (Wildman–Crippen MR) is 88.8 cm³/mol. The number of thiocarbonyl (C=S) groups is 1. The highest BCUT2D eigenvalue weighted by molar-refractivity contribution is 7.80. The fraction of sp³-hybridized carbons (Fsp3) is 0.143. The van der Waals surface area contributed by atoms with E-state index in [2.05, 4.69) is 10.6 Å². The minimum absolute atomic E-state index is 0.192. The van der Waals surface area contributed by atoms with Gasteiger partial charge in [0.05, 0.1) is 4.88 Å². The van der Waals surface area contributed by atoms with Crippen molar-refractivity contribution >= 4 is 45.9 Å². The van der Waals surface area contributed by atoms with Gasteiger partial charge in [-0.15, -0.1) is 11.3 Å². The highest BCUT2D eigenvalue weighted by Crippen LogP contribution is 2.15. The number of benzene rings is 1. The van der Waals surface area contributed by atoms with E-state index in [0.717, 1.165) is 11.4 Å². The second kappa shape index (κ2) is 6.49. The molecule has 0 spiro atoms. The number of hydrogen-bond acceptors (Lipinski definition) is 4. The summed E-state index contributed by atoms with van der Waals surface area (Å²) in [6.07, 6.45) is 0. The molecule has 0 aliphatic heterocycles. The summed E-state index contributed by atoms with van der Waals surface area (Å²) >= 11 is 6.50. The molecule has 4 nitrogen and oxygen atoms in total. The Hall–Kier alpha value is -1.92. The van der Waals surface area contributed by atoms with Gasteiger partial charge in [-0.2, -0.15) is 0 Å². The van der Waals surface area contributed by atoms with Crippen LogP contribution >= 0.6 is 23.6 Å². The zero-order valence-corrected chi connectivity index (χ0v) is 12.8. The third-order valence-electron chi connectivity index (χ3n) is 2.61. The van der Waals surface area contributed by atoms with Crippen molar-refractivity contribution in [1.29, 1.82) is 0 Å². The fourth-order valence-corrected chi connectivity index (χ4v) is 2.41. The Labute approximate surface area is 127 Å². The fourth-order valence-electron chi connectivity index (χ4n) is 1.58. The average molecular weight is 305 g/mol. The molecule has 0 fully saturated rings. The molecule has 1 amide bonds. The molecule has 2 N–H and O–H groups in total. The molecule has 1 aromatic carbocycles. The number of anilines is 2. The molecule has 0 aliphatic carbocycles. The molecule has 0 unspecified atom stereocenters. The first-order valence-electron chi connectivity index (χ1n) is 5.99. The zero-order valence-electron chi connectivity index (χ0n) is 11.2. The van der Waals surface area contributed by atoms with E-state index in [1.807, 2.05) is 54.7 Å². The van der Waals surface area contributed by atoms with Crippen molar-refractivity contribution in [1.82, 2.24) is 5.32 Å². The van der Waals surface area contributed by atoms with Crippen LogP contribution in [-0.2, 0) is 0 Å². The third kappa shape index (κ3) is 3.79. The Morgan fingerprint density at radius 1 is 1.20 bits per heavy atom. The topological polar surface area (TPSA) is 44.4 Å². The van der Waals surface area contributed by atoms with Gasteiger partial charge in [-0.3, -0.25) is 10.1 Å². The molecule has 6 heteroatoms. The van der Waals surface area contributed by atoms with Crippen molar-refractivity contribution in [3.05, 3.63) is 46.7 Å². The summed E-state index contributed by atoms with van der Waals surface area (Å²) in [7, 11) is 3.96. The van der Waals surface area contributed by atoms with E-state index in [9.17, 15) is 4.79 Å². The smallest absolute Gasteiger partial charge is 0.267 e. The molecule has 20 heavy (non-hydrogen) atoms. The van der Waals surface area contributed by atoms with Gasteiger partial charge in [0.1, 0.15) is 0 Å². The van der Waals surface area contributed by atoms with Crippen molar-refractivity contribution in [3.8, 4) is 0 Å². The predicted octanol–water partition coefficient (Wildman–Crippen LogP) is 2.94. The van der Waals surface area contributed by atoms with Crippen LogP contribution in [0.15, 0.2) is 41.8 Å². The van der Waals surface area contributed by atoms with Crippen molar-refractivity contribution in [2.24, 2.45) is 0 Å². The van der Waals surface area contributed by atoms with Gasteiger partial charge in [0.15, 0.2) is 5.11 Å². The van der Waals surface area contributed by atoms with Gasteiger partial charge in [0, 0.05) is 25.5 Å². The summed E-state index contributed by atoms with van der Waals surface area (Å²) in [5, 5.41) is 7.78. The Balaban J connectivity index is 1.93. The number of nitrogens with zero attached hydrogens (tertiary/aromatic N) is 1. The number of thiophene rings is 1. The largest absolute Gasteiger partial charge is 0.378 e. The number of nitrogens with one attached hydrogen (secondary N) is 2. The number of carbonyl (C=O) groups excluding carboxylic acids is 1. The number of rotatable bonds is 3. The molecule has 2 rings (SSSR count). The highest BCUT2D eigenvalue weighted by atomic mass is 32.1. The molecule has 0 saturated heterocycles. The van der Waals surface area contributed by atoms with Gasteiger partial charge in [-0.25, -0.2) is 0 Å². The molecular formula is C14H15N3OS2. The second-order valence-electron chi connectivity index (χ2n) is 4.33. The summed E-state index contributed by atoms with van der Waals surface area (Å²) < 4.78 is 0. The summed E-state index contributed by atoms with van der Waals surface area (Å²) in [4.78, 5) is 14.5. The van der Waals surface area contributed by atoms with Crippen LogP contribution in [0.3, 0.4) is 0 Å². The molecule has 0 atom stereocenters. The van der Waals surface area contributed by atoms with E-state index < -0.39 is 0 Å². The Morgan fingerprint density at radius 2 is 1.90 bits per heavy atom. The lowest BCUT2D eigenvalue weighted by molar-refractivity contribution is 0.0981. The van der Waals surface area contributed by atoms with Crippen LogP contribution in [0.25, 0.3) is 0 Å².